The van der Waals surface area contributed by atoms with Crippen LogP contribution in [0.5, 0.6) is 0 Å². The average Bonchev–Trinajstić information content (AvgIpc) is 2.39. The number of aliphatic hydroxyl groups is 2. The zero-order valence-corrected chi connectivity index (χ0v) is 9.45. The summed E-state index contributed by atoms with van der Waals surface area (Å²) < 4.78 is 0. The Balaban J connectivity index is 1.86. The number of hydrogen-bond acceptors (Lipinski definition) is 4. The minimum absolute atomic E-state index is 0.107. The normalized spacial score (nSPS) is 61.9. The Labute approximate surface area is 95.4 Å². The largest absolute Gasteiger partial charge is 0.396 e. The number of piperidine rings is 4. The maximum atomic E-state index is 9.84. The molecule has 4 saturated heterocycles. The summed E-state index contributed by atoms with van der Waals surface area (Å²) in [5, 5.41) is 26.8. The van der Waals surface area contributed by atoms with Crippen molar-refractivity contribution in [3.63, 3.8) is 0 Å². The second kappa shape index (κ2) is 2.80. The standard InChI is InChI=1S/C12H20N2O2/c15-5-11-1-9-12(6-16)2-10(11)14-4-8(12)7(11)3-13-9/h7-10,13-16H,1-6H2. The van der Waals surface area contributed by atoms with Crippen LogP contribution in [0.4, 0.5) is 0 Å². The van der Waals surface area contributed by atoms with E-state index in [-0.39, 0.29) is 10.8 Å². The highest BCUT2D eigenvalue weighted by Crippen LogP contribution is 2.66. The maximum Gasteiger partial charge on any atom is 0.0506 e. The molecule has 0 aromatic carbocycles. The van der Waals surface area contributed by atoms with Crippen LogP contribution in [0.25, 0.3) is 0 Å². The van der Waals surface area contributed by atoms with Gasteiger partial charge < -0.3 is 20.8 Å². The third-order valence-electron chi connectivity index (χ3n) is 6.28. The lowest BCUT2D eigenvalue weighted by Crippen LogP contribution is -2.83. The van der Waals surface area contributed by atoms with E-state index in [1.165, 1.54) is 0 Å². The Morgan fingerprint density at radius 3 is 1.69 bits per heavy atom. The molecule has 7 rings (SSSR count). The molecule has 0 amide bonds. The van der Waals surface area contributed by atoms with Crippen LogP contribution in [-0.4, -0.2) is 48.6 Å². The van der Waals surface area contributed by atoms with Crippen LogP contribution in [0, 0.1) is 22.7 Å². The summed E-state index contributed by atoms with van der Waals surface area (Å²) in [6.45, 7) is 2.70. The first kappa shape index (κ1) is 9.83. The minimum Gasteiger partial charge on any atom is -0.396 e. The van der Waals surface area contributed by atoms with E-state index in [1.54, 1.807) is 0 Å². The monoisotopic (exact) mass is 224 g/mol. The van der Waals surface area contributed by atoms with E-state index in [2.05, 4.69) is 10.6 Å². The zero-order chi connectivity index (χ0) is 11.0. The SMILES string of the molecule is OCC12CC3NCC1C1CNC2CC31CO. The molecule has 4 nitrogen and oxygen atoms in total. The topological polar surface area (TPSA) is 64.5 Å². The molecule has 0 radical (unpaired) electrons. The van der Waals surface area contributed by atoms with Gasteiger partial charge in [0.15, 0.2) is 0 Å². The minimum atomic E-state index is 0.107. The van der Waals surface area contributed by atoms with Gasteiger partial charge in [-0.15, -0.1) is 0 Å². The van der Waals surface area contributed by atoms with Crippen molar-refractivity contribution in [3.8, 4) is 0 Å². The van der Waals surface area contributed by atoms with E-state index in [0.717, 1.165) is 25.9 Å². The van der Waals surface area contributed by atoms with Gasteiger partial charge in [0, 0.05) is 22.9 Å². The van der Waals surface area contributed by atoms with Crippen LogP contribution < -0.4 is 10.6 Å². The molecule has 7 fully saturated rings. The molecular formula is C12H20N2O2. The summed E-state index contributed by atoms with van der Waals surface area (Å²) in [7, 11) is 0. The van der Waals surface area contributed by atoms with Gasteiger partial charge in [-0.1, -0.05) is 0 Å². The van der Waals surface area contributed by atoms with Gasteiger partial charge in [0.25, 0.3) is 0 Å². The van der Waals surface area contributed by atoms with Gasteiger partial charge in [0.2, 0.25) is 0 Å². The molecular weight excluding hydrogens is 204 g/mol. The van der Waals surface area contributed by atoms with Gasteiger partial charge in [-0.05, 0) is 37.8 Å². The third kappa shape index (κ3) is 0.787. The summed E-state index contributed by atoms with van der Waals surface area (Å²) in [6, 6.07) is 0.857. The maximum absolute atomic E-state index is 9.84. The number of fused-ring (bicyclic) bond motifs is 2. The molecule has 0 aromatic heterocycles. The average molecular weight is 224 g/mol. The van der Waals surface area contributed by atoms with E-state index in [9.17, 15) is 10.2 Å². The van der Waals surface area contributed by atoms with Gasteiger partial charge in [-0.2, -0.15) is 0 Å². The summed E-state index contributed by atoms with van der Waals surface area (Å²) in [5.41, 5.74) is 0.214. The zero-order valence-electron chi connectivity index (χ0n) is 9.45. The Morgan fingerprint density at radius 1 is 0.875 bits per heavy atom. The van der Waals surface area contributed by atoms with Crippen LogP contribution >= 0.6 is 0 Å². The van der Waals surface area contributed by atoms with Gasteiger partial charge in [-0.25, -0.2) is 0 Å². The lowest BCUT2D eigenvalue weighted by molar-refractivity contribution is -0.241. The van der Waals surface area contributed by atoms with Crippen LogP contribution in [-0.2, 0) is 0 Å². The molecule has 6 atom stereocenters. The number of hydrogen-bond donors (Lipinski definition) is 4. The van der Waals surface area contributed by atoms with Crippen molar-refractivity contribution < 1.29 is 10.2 Å². The Kier molecular flexibility index (Phi) is 1.72. The van der Waals surface area contributed by atoms with Crippen molar-refractivity contribution in [3.05, 3.63) is 0 Å². The molecule has 6 unspecified atom stereocenters. The molecule has 4 heterocycles. The summed E-state index contributed by atoms with van der Waals surface area (Å²) in [6.07, 6.45) is 2.09. The highest BCUT2D eigenvalue weighted by Gasteiger charge is 2.71. The van der Waals surface area contributed by atoms with Crippen molar-refractivity contribution in [2.24, 2.45) is 22.7 Å². The predicted octanol–water partition coefficient (Wildman–Crippen LogP) is -1.07. The highest BCUT2D eigenvalue weighted by molar-refractivity contribution is 5.25. The smallest absolute Gasteiger partial charge is 0.0506 e. The van der Waals surface area contributed by atoms with Gasteiger partial charge in [-0.3, -0.25) is 0 Å². The van der Waals surface area contributed by atoms with Crippen molar-refractivity contribution >= 4 is 0 Å². The number of aliphatic hydroxyl groups excluding tert-OH is 2. The molecule has 7 aliphatic rings. The molecule has 6 bridgehead atoms. The molecule has 0 aromatic rings. The third-order valence-corrected chi connectivity index (χ3v) is 6.28. The van der Waals surface area contributed by atoms with E-state index in [0.29, 0.717) is 37.1 Å². The first-order valence-corrected chi connectivity index (χ1v) is 6.45. The lowest BCUT2D eigenvalue weighted by atomic mass is 9.37. The second-order valence-corrected chi connectivity index (χ2v) is 6.33. The van der Waals surface area contributed by atoms with Crippen LogP contribution in [0.3, 0.4) is 0 Å². The summed E-state index contributed by atoms with van der Waals surface area (Å²) in [5.74, 6) is 1.13. The Bertz CT molecular complexity index is 305. The lowest BCUT2D eigenvalue weighted by Gasteiger charge is -2.74. The van der Waals surface area contributed by atoms with E-state index in [1.807, 2.05) is 0 Å². The van der Waals surface area contributed by atoms with E-state index in [4.69, 9.17) is 0 Å². The number of nitrogens with one attached hydrogen (secondary N) is 2. The Morgan fingerprint density at radius 2 is 1.31 bits per heavy atom. The summed E-state index contributed by atoms with van der Waals surface area (Å²) >= 11 is 0. The second-order valence-electron chi connectivity index (χ2n) is 6.33. The highest BCUT2D eigenvalue weighted by atomic mass is 16.3. The Hall–Kier alpha value is -0.160. The molecule has 3 saturated carbocycles. The summed E-state index contributed by atoms with van der Waals surface area (Å²) in [4.78, 5) is 0. The molecule has 3 aliphatic carbocycles. The molecule has 16 heavy (non-hydrogen) atoms. The molecule has 4 aliphatic heterocycles. The van der Waals surface area contributed by atoms with Gasteiger partial charge >= 0.3 is 0 Å². The molecule has 4 heteroatoms. The first-order valence-electron chi connectivity index (χ1n) is 6.45. The van der Waals surface area contributed by atoms with Gasteiger partial charge in [0.1, 0.15) is 0 Å². The van der Waals surface area contributed by atoms with Crippen molar-refractivity contribution in [2.45, 2.75) is 24.9 Å². The molecule has 0 spiro atoms. The molecule has 90 valence electrons. The van der Waals surface area contributed by atoms with Crippen LogP contribution in [0.15, 0.2) is 0 Å². The van der Waals surface area contributed by atoms with E-state index < -0.39 is 0 Å². The predicted molar refractivity (Wildman–Crippen MR) is 58.8 cm³/mol. The number of rotatable bonds is 2. The van der Waals surface area contributed by atoms with Crippen molar-refractivity contribution in [1.29, 1.82) is 0 Å². The fourth-order valence-corrected chi connectivity index (χ4v) is 5.44. The van der Waals surface area contributed by atoms with Crippen molar-refractivity contribution in [1.82, 2.24) is 10.6 Å². The van der Waals surface area contributed by atoms with Crippen LogP contribution in [0.2, 0.25) is 0 Å². The molecule has 4 N–H and O–H groups in total. The van der Waals surface area contributed by atoms with E-state index >= 15 is 0 Å². The quantitative estimate of drug-likeness (QED) is 0.482. The first-order chi connectivity index (χ1) is 7.77. The van der Waals surface area contributed by atoms with Crippen molar-refractivity contribution in [2.75, 3.05) is 26.3 Å². The fourth-order valence-electron chi connectivity index (χ4n) is 5.44. The van der Waals surface area contributed by atoms with Gasteiger partial charge in [0.05, 0.1) is 13.2 Å². The fraction of sp³-hybridized carbons (Fsp3) is 1.00. The van der Waals surface area contributed by atoms with Crippen LogP contribution in [0.1, 0.15) is 12.8 Å².